The summed E-state index contributed by atoms with van der Waals surface area (Å²) in [6.07, 6.45) is 4.97. The zero-order valence-corrected chi connectivity index (χ0v) is 13.3. The summed E-state index contributed by atoms with van der Waals surface area (Å²) in [6, 6.07) is 4.99. The van der Waals surface area contributed by atoms with Crippen LogP contribution in [0.15, 0.2) is 30.6 Å². The Morgan fingerprint density at radius 2 is 2.17 bits per heavy atom. The summed E-state index contributed by atoms with van der Waals surface area (Å²) < 4.78 is 1.52. The van der Waals surface area contributed by atoms with Gasteiger partial charge in [0.15, 0.2) is 11.6 Å². The minimum absolute atomic E-state index is 0.182. The van der Waals surface area contributed by atoms with Crippen LogP contribution in [-0.2, 0) is 0 Å². The van der Waals surface area contributed by atoms with Gasteiger partial charge in [0.05, 0.1) is 5.02 Å². The van der Waals surface area contributed by atoms with Crippen LogP contribution in [0.5, 0.6) is 0 Å². The summed E-state index contributed by atoms with van der Waals surface area (Å²) in [5.74, 6) is 1.25. The van der Waals surface area contributed by atoms with Crippen molar-refractivity contribution in [3.63, 3.8) is 0 Å². The van der Waals surface area contributed by atoms with Crippen molar-refractivity contribution in [2.45, 2.75) is 12.8 Å². The molecule has 1 saturated heterocycles. The molecule has 2 amide bonds. The molecule has 1 fully saturated rings. The molecule has 8 heteroatoms. The number of aliphatic hydroxyl groups excluding tert-OH is 1. The number of rotatable bonds is 3. The van der Waals surface area contributed by atoms with Gasteiger partial charge in [0.1, 0.15) is 0 Å². The van der Waals surface area contributed by atoms with Crippen molar-refractivity contribution in [1.29, 1.82) is 0 Å². The first-order valence-corrected chi connectivity index (χ1v) is 7.88. The van der Waals surface area contributed by atoms with Crippen LogP contribution < -0.4 is 5.32 Å². The molecule has 0 saturated carbocycles. The fraction of sp³-hybridized carbons (Fsp3) is 0.400. The van der Waals surface area contributed by atoms with E-state index in [1.54, 1.807) is 35.5 Å². The molecule has 3 heterocycles. The van der Waals surface area contributed by atoms with Gasteiger partial charge in [0.2, 0.25) is 0 Å². The molecule has 122 valence electrons. The zero-order chi connectivity index (χ0) is 16.2. The quantitative estimate of drug-likeness (QED) is 0.900. The van der Waals surface area contributed by atoms with E-state index >= 15 is 0 Å². The monoisotopic (exact) mass is 335 g/mol. The van der Waals surface area contributed by atoms with E-state index in [0.29, 0.717) is 35.7 Å². The van der Waals surface area contributed by atoms with E-state index in [-0.39, 0.29) is 12.6 Å². The van der Waals surface area contributed by atoms with E-state index in [2.05, 4.69) is 15.4 Å². The van der Waals surface area contributed by atoms with Crippen LogP contribution in [-0.4, -0.2) is 50.5 Å². The van der Waals surface area contributed by atoms with E-state index in [9.17, 15) is 4.79 Å². The number of likely N-dealkylation sites (tertiary alicyclic amines) is 1. The maximum Gasteiger partial charge on any atom is 0.323 e. The smallest absolute Gasteiger partial charge is 0.323 e. The molecule has 0 bridgehead atoms. The van der Waals surface area contributed by atoms with Crippen LogP contribution in [0.4, 0.5) is 10.6 Å². The average molecular weight is 336 g/mol. The van der Waals surface area contributed by atoms with Crippen molar-refractivity contribution < 1.29 is 9.90 Å². The number of aromatic nitrogens is 3. The Morgan fingerprint density at radius 3 is 2.87 bits per heavy atom. The minimum Gasteiger partial charge on any atom is -0.396 e. The van der Waals surface area contributed by atoms with Crippen LogP contribution >= 0.6 is 11.6 Å². The topological polar surface area (TPSA) is 83.3 Å². The van der Waals surface area contributed by atoms with Gasteiger partial charge in [-0.25, -0.2) is 14.5 Å². The molecule has 2 aromatic heterocycles. The number of hydrogen-bond donors (Lipinski definition) is 2. The minimum atomic E-state index is -0.182. The molecule has 0 atom stereocenters. The molecule has 0 aliphatic carbocycles. The number of carbonyl (C=O) groups excluding carboxylic acids is 1. The molecule has 0 unspecified atom stereocenters. The second-order valence-electron chi connectivity index (χ2n) is 5.50. The molecule has 2 aromatic rings. The van der Waals surface area contributed by atoms with E-state index in [1.165, 1.54) is 4.68 Å². The number of halogens is 1. The fourth-order valence-corrected chi connectivity index (χ4v) is 2.77. The third kappa shape index (κ3) is 3.62. The van der Waals surface area contributed by atoms with Crippen molar-refractivity contribution in [2.75, 3.05) is 25.0 Å². The van der Waals surface area contributed by atoms with Crippen molar-refractivity contribution in [2.24, 2.45) is 5.92 Å². The number of anilines is 1. The van der Waals surface area contributed by atoms with Gasteiger partial charge in [-0.2, -0.15) is 0 Å². The number of nitrogens with one attached hydrogen (secondary N) is 1. The van der Waals surface area contributed by atoms with E-state index in [4.69, 9.17) is 16.7 Å². The Kier molecular flexibility index (Phi) is 4.78. The number of nitrogens with zero attached hydrogens (tertiary/aromatic N) is 4. The highest BCUT2D eigenvalue weighted by Crippen LogP contribution is 2.19. The van der Waals surface area contributed by atoms with Gasteiger partial charge in [-0.05, 0) is 30.9 Å². The van der Waals surface area contributed by atoms with Crippen molar-refractivity contribution in [1.82, 2.24) is 19.7 Å². The van der Waals surface area contributed by atoms with Crippen molar-refractivity contribution in [3.05, 3.63) is 35.6 Å². The molecule has 2 N–H and O–H groups in total. The van der Waals surface area contributed by atoms with Gasteiger partial charge >= 0.3 is 6.03 Å². The van der Waals surface area contributed by atoms with Crippen LogP contribution in [0, 0.1) is 5.92 Å². The third-order valence-corrected chi connectivity index (χ3v) is 4.24. The molecular weight excluding hydrogens is 318 g/mol. The highest BCUT2D eigenvalue weighted by atomic mass is 35.5. The Hall–Kier alpha value is -2.12. The van der Waals surface area contributed by atoms with Crippen LogP contribution in [0.25, 0.3) is 5.82 Å². The number of amides is 2. The molecule has 3 rings (SSSR count). The summed E-state index contributed by atoms with van der Waals surface area (Å²) in [5.41, 5.74) is 0. The lowest BCUT2D eigenvalue weighted by Gasteiger charge is -2.30. The molecule has 7 nitrogen and oxygen atoms in total. The normalized spacial score (nSPS) is 15.7. The lowest BCUT2D eigenvalue weighted by molar-refractivity contribution is 0.143. The van der Waals surface area contributed by atoms with Gasteiger partial charge in [0, 0.05) is 38.2 Å². The molecule has 1 aliphatic rings. The highest BCUT2D eigenvalue weighted by Gasteiger charge is 2.22. The fourth-order valence-electron chi connectivity index (χ4n) is 2.56. The van der Waals surface area contributed by atoms with Gasteiger partial charge < -0.3 is 10.0 Å². The predicted molar refractivity (Wildman–Crippen MR) is 86.8 cm³/mol. The SMILES string of the molecule is O=C(Nc1ccn(-c2ncccc2Cl)n1)N1CCC(CO)CC1. The van der Waals surface area contributed by atoms with Crippen LogP contribution in [0.3, 0.4) is 0 Å². The van der Waals surface area contributed by atoms with Gasteiger partial charge in [0.25, 0.3) is 0 Å². The molecule has 0 spiro atoms. The van der Waals surface area contributed by atoms with E-state index in [0.717, 1.165) is 12.8 Å². The lowest BCUT2D eigenvalue weighted by atomic mass is 9.98. The standard InChI is InChI=1S/C15H18ClN5O2/c16-12-2-1-6-17-14(12)21-9-5-13(19-21)18-15(23)20-7-3-11(10-22)4-8-20/h1-2,5-6,9,11,22H,3-4,7-8,10H2,(H,18,19,23). The first kappa shape index (κ1) is 15.8. The van der Waals surface area contributed by atoms with Gasteiger partial charge in [-0.1, -0.05) is 11.6 Å². The van der Waals surface area contributed by atoms with Crippen molar-refractivity contribution in [3.8, 4) is 5.82 Å². The molecular formula is C15H18ClN5O2. The molecule has 0 radical (unpaired) electrons. The Labute approximate surface area is 138 Å². The predicted octanol–water partition coefficient (Wildman–Crippen LogP) is 2.16. The van der Waals surface area contributed by atoms with Gasteiger partial charge in [-0.15, -0.1) is 5.10 Å². The number of aliphatic hydroxyl groups is 1. The summed E-state index contributed by atoms with van der Waals surface area (Å²) in [4.78, 5) is 18.1. The highest BCUT2D eigenvalue weighted by molar-refractivity contribution is 6.32. The van der Waals surface area contributed by atoms with Crippen LogP contribution in [0.2, 0.25) is 5.02 Å². The maximum absolute atomic E-state index is 12.2. The Bertz CT molecular complexity index is 682. The maximum atomic E-state index is 12.2. The third-order valence-electron chi connectivity index (χ3n) is 3.94. The molecule has 23 heavy (non-hydrogen) atoms. The number of piperidine rings is 1. The van der Waals surface area contributed by atoms with E-state index < -0.39 is 0 Å². The number of hydrogen-bond acceptors (Lipinski definition) is 4. The second kappa shape index (κ2) is 6.97. The number of carbonyl (C=O) groups is 1. The summed E-state index contributed by atoms with van der Waals surface area (Å²) >= 11 is 6.08. The Morgan fingerprint density at radius 1 is 1.39 bits per heavy atom. The summed E-state index contributed by atoms with van der Waals surface area (Å²) in [6.45, 7) is 1.47. The lowest BCUT2D eigenvalue weighted by Crippen LogP contribution is -2.41. The average Bonchev–Trinajstić information content (AvgIpc) is 3.03. The number of pyridine rings is 1. The summed E-state index contributed by atoms with van der Waals surface area (Å²) in [7, 11) is 0. The zero-order valence-electron chi connectivity index (χ0n) is 12.5. The summed E-state index contributed by atoms with van der Waals surface area (Å²) in [5, 5.41) is 16.7. The number of urea groups is 1. The molecule has 0 aromatic carbocycles. The molecule has 1 aliphatic heterocycles. The van der Waals surface area contributed by atoms with E-state index in [1.807, 2.05) is 0 Å². The first-order valence-electron chi connectivity index (χ1n) is 7.50. The Balaban J connectivity index is 1.63. The second-order valence-corrected chi connectivity index (χ2v) is 5.90. The van der Waals surface area contributed by atoms with Crippen molar-refractivity contribution >= 4 is 23.4 Å². The largest absolute Gasteiger partial charge is 0.396 e. The van der Waals surface area contributed by atoms with Gasteiger partial charge in [-0.3, -0.25) is 5.32 Å². The first-order chi connectivity index (χ1) is 11.2. The van der Waals surface area contributed by atoms with Crippen LogP contribution in [0.1, 0.15) is 12.8 Å².